The second-order valence-electron chi connectivity index (χ2n) is 4.77. The molecule has 0 saturated heterocycles. The molecule has 0 aliphatic carbocycles. The molecule has 0 aliphatic heterocycles. The molecule has 0 spiro atoms. The van der Waals surface area contributed by atoms with Crippen LogP contribution in [0.15, 0.2) is 24.4 Å². The number of aryl methyl sites for hydroxylation is 2. The second kappa shape index (κ2) is 6.30. The molecule has 0 aliphatic rings. The Kier molecular flexibility index (Phi) is 4.47. The molecule has 0 atom stereocenters. The SMILES string of the molecule is CCc1nn(C)cc1CNC(=O)c1ccc(N)c(OC)c1. The van der Waals surface area contributed by atoms with Crippen molar-refractivity contribution in [3.63, 3.8) is 0 Å². The summed E-state index contributed by atoms with van der Waals surface area (Å²) in [6.45, 7) is 2.49. The van der Waals surface area contributed by atoms with E-state index >= 15 is 0 Å². The van der Waals surface area contributed by atoms with E-state index in [1.54, 1.807) is 22.9 Å². The number of nitrogens with zero attached hydrogens (tertiary/aromatic N) is 2. The fourth-order valence-corrected chi connectivity index (χ4v) is 2.16. The number of nitrogen functional groups attached to an aromatic ring is 1. The average Bonchev–Trinajstić information content (AvgIpc) is 2.85. The Morgan fingerprint density at radius 2 is 2.24 bits per heavy atom. The quantitative estimate of drug-likeness (QED) is 0.817. The van der Waals surface area contributed by atoms with Gasteiger partial charge in [0.1, 0.15) is 5.75 Å². The Labute approximate surface area is 123 Å². The lowest BCUT2D eigenvalue weighted by Gasteiger charge is -2.08. The van der Waals surface area contributed by atoms with Gasteiger partial charge in [-0.2, -0.15) is 5.10 Å². The zero-order valence-corrected chi connectivity index (χ0v) is 12.5. The van der Waals surface area contributed by atoms with E-state index in [0.717, 1.165) is 17.7 Å². The van der Waals surface area contributed by atoms with Gasteiger partial charge in [-0.15, -0.1) is 0 Å². The van der Waals surface area contributed by atoms with Gasteiger partial charge in [-0.1, -0.05) is 6.92 Å². The van der Waals surface area contributed by atoms with Crippen molar-refractivity contribution in [2.24, 2.45) is 7.05 Å². The summed E-state index contributed by atoms with van der Waals surface area (Å²) >= 11 is 0. The summed E-state index contributed by atoms with van der Waals surface area (Å²) in [6, 6.07) is 4.97. The summed E-state index contributed by atoms with van der Waals surface area (Å²) in [4.78, 5) is 12.2. The highest BCUT2D eigenvalue weighted by Gasteiger charge is 2.11. The molecule has 6 nitrogen and oxygen atoms in total. The molecule has 2 rings (SSSR count). The van der Waals surface area contributed by atoms with Gasteiger partial charge in [0.15, 0.2) is 0 Å². The number of hydrogen-bond donors (Lipinski definition) is 2. The van der Waals surface area contributed by atoms with E-state index < -0.39 is 0 Å². The van der Waals surface area contributed by atoms with Crippen LogP contribution in [0, 0.1) is 0 Å². The van der Waals surface area contributed by atoms with E-state index in [4.69, 9.17) is 10.5 Å². The first kappa shape index (κ1) is 14.9. The average molecular weight is 288 g/mol. The number of carbonyl (C=O) groups is 1. The van der Waals surface area contributed by atoms with Crippen LogP contribution in [0.3, 0.4) is 0 Å². The molecule has 21 heavy (non-hydrogen) atoms. The highest BCUT2D eigenvalue weighted by Crippen LogP contribution is 2.22. The van der Waals surface area contributed by atoms with Crippen LogP contribution in [-0.4, -0.2) is 22.8 Å². The topological polar surface area (TPSA) is 82.2 Å². The van der Waals surface area contributed by atoms with Gasteiger partial charge in [-0.05, 0) is 24.6 Å². The molecule has 112 valence electrons. The maximum atomic E-state index is 12.2. The van der Waals surface area contributed by atoms with Crippen LogP contribution >= 0.6 is 0 Å². The molecule has 0 saturated carbocycles. The van der Waals surface area contributed by atoms with Crippen LogP contribution in [0.5, 0.6) is 5.75 Å². The standard InChI is InChI=1S/C15H20N4O2/c1-4-13-11(9-19(2)18-13)8-17-15(20)10-5-6-12(16)14(7-10)21-3/h5-7,9H,4,8,16H2,1-3H3,(H,17,20). The van der Waals surface area contributed by atoms with Gasteiger partial charge in [0.25, 0.3) is 5.91 Å². The Morgan fingerprint density at radius 1 is 1.48 bits per heavy atom. The first-order valence-corrected chi connectivity index (χ1v) is 6.78. The zero-order valence-electron chi connectivity index (χ0n) is 12.5. The van der Waals surface area contributed by atoms with Gasteiger partial charge in [0.2, 0.25) is 0 Å². The van der Waals surface area contributed by atoms with Crippen LogP contribution in [0.25, 0.3) is 0 Å². The fourth-order valence-electron chi connectivity index (χ4n) is 2.16. The minimum absolute atomic E-state index is 0.167. The lowest BCUT2D eigenvalue weighted by atomic mass is 10.1. The molecular weight excluding hydrogens is 268 g/mol. The van der Waals surface area contributed by atoms with Crippen molar-refractivity contribution in [2.45, 2.75) is 19.9 Å². The number of amides is 1. The van der Waals surface area contributed by atoms with Crippen molar-refractivity contribution in [3.05, 3.63) is 41.2 Å². The van der Waals surface area contributed by atoms with Crippen molar-refractivity contribution in [2.75, 3.05) is 12.8 Å². The van der Waals surface area contributed by atoms with Gasteiger partial charge < -0.3 is 15.8 Å². The number of nitrogens with one attached hydrogen (secondary N) is 1. The molecule has 0 unspecified atom stereocenters. The highest BCUT2D eigenvalue weighted by atomic mass is 16.5. The third-order valence-corrected chi connectivity index (χ3v) is 3.26. The second-order valence-corrected chi connectivity index (χ2v) is 4.77. The molecule has 0 radical (unpaired) electrons. The van der Waals surface area contributed by atoms with E-state index in [1.165, 1.54) is 7.11 Å². The van der Waals surface area contributed by atoms with E-state index in [1.807, 2.05) is 20.2 Å². The van der Waals surface area contributed by atoms with Crippen LogP contribution in [0.4, 0.5) is 5.69 Å². The number of ether oxygens (including phenoxy) is 1. The van der Waals surface area contributed by atoms with Gasteiger partial charge in [0.05, 0.1) is 18.5 Å². The van der Waals surface area contributed by atoms with Gasteiger partial charge in [-0.25, -0.2) is 0 Å². The predicted octanol–water partition coefficient (Wildman–Crippen LogP) is 1.50. The number of benzene rings is 1. The molecule has 6 heteroatoms. The number of anilines is 1. The Bertz CT molecular complexity index is 649. The summed E-state index contributed by atoms with van der Waals surface area (Å²) in [6.07, 6.45) is 2.75. The van der Waals surface area contributed by atoms with E-state index in [0.29, 0.717) is 23.5 Å². The predicted molar refractivity (Wildman–Crippen MR) is 81.2 cm³/mol. The van der Waals surface area contributed by atoms with E-state index in [-0.39, 0.29) is 5.91 Å². The molecule has 3 N–H and O–H groups in total. The lowest BCUT2D eigenvalue weighted by molar-refractivity contribution is 0.0950. The fraction of sp³-hybridized carbons (Fsp3) is 0.333. The summed E-state index contributed by atoms with van der Waals surface area (Å²) in [7, 11) is 3.39. The number of aromatic nitrogens is 2. The van der Waals surface area contributed by atoms with Crippen molar-refractivity contribution >= 4 is 11.6 Å². The van der Waals surface area contributed by atoms with Crippen LogP contribution in [0.2, 0.25) is 0 Å². The van der Waals surface area contributed by atoms with E-state index in [9.17, 15) is 4.79 Å². The van der Waals surface area contributed by atoms with Crippen LogP contribution < -0.4 is 15.8 Å². The smallest absolute Gasteiger partial charge is 0.251 e. The third-order valence-electron chi connectivity index (χ3n) is 3.26. The largest absolute Gasteiger partial charge is 0.495 e. The zero-order chi connectivity index (χ0) is 15.4. The number of hydrogen-bond acceptors (Lipinski definition) is 4. The molecule has 1 amide bonds. The van der Waals surface area contributed by atoms with Crippen LogP contribution in [0.1, 0.15) is 28.5 Å². The maximum absolute atomic E-state index is 12.2. The number of rotatable bonds is 5. The van der Waals surface area contributed by atoms with Crippen LogP contribution in [-0.2, 0) is 20.0 Å². The summed E-state index contributed by atoms with van der Waals surface area (Å²) in [5.41, 5.74) is 8.78. The molecule has 0 fully saturated rings. The lowest BCUT2D eigenvalue weighted by Crippen LogP contribution is -2.23. The summed E-state index contributed by atoms with van der Waals surface area (Å²) < 4.78 is 6.88. The minimum Gasteiger partial charge on any atom is -0.495 e. The van der Waals surface area contributed by atoms with E-state index in [2.05, 4.69) is 10.4 Å². The Morgan fingerprint density at radius 3 is 2.90 bits per heavy atom. The third kappa shape index (κ3) is 3.34. The maximum Gasteiger partial charge on any atom is 0.251 e. The van der Waals surface area contributed by atoms with Gasteiger partial charge >= 0.3 is 0 Å². The molecule has 2 aromatic rings. The number of methoxy groups -OCH3 is 1. The van der Waals surface area contributed by atoms with Crippen molar-refractivity contribution < 1.29 is 9.53 Å². The molecular formula is C15H20N4O2. The van der Waals surface area contributed by atoms with Crippen molar-refractivity contribution in [1.82, 2.24) is 15.1 Å². The molecule has 1 aromatic carbocycles. The Balaban J connectivity index is 2.08. The number of carbonyl (C=O) groups excluding carboxylic acids is 1. The first-order chi connectivity index (χ1) is 10.0. The van der Waals surface area contributed by atoms with Gasteiger partial charge in [-0.3, -0.25) is 9.48 Å². The van der Waals surface area contributed by atoms with Crippen molar-refractivity contribution in [1.29, 1.82) is 0 Å². The Hall–Kier alpha value is -2.50. The number of nitrogens with two attached hydrogens (primary N) is 1. The minimum atomic E-state index is -0.167. The van der Waals surface area contributed by atoms with Crippen molar-refractivity contribution in [3.8, 4) is 5.75 Å². The summed E-state index contributed by atoms with van der Waals surface area (Å²) in [5.74, 6) is 0.331. The summed E-state index contributed by atoms with van der Waals surface area (Å²) in [5, 5.41) is 7.23. The molecule has 0 bridgehead atoms. The first-order valence-electron chi connectivity index (χ1n) is 6.78. The molecule has 1 heterocycles. The molecule has 1 aromatic heterocycles. The highest BCUT2D eigenvalue weighted by molar-refractivity contribution is 5.95. The van der Waals surface area contributed by atoms with Gasteiger partial charge in [0, 0.05) is 30.9 Å². The normalized spacial score (nSPS) is 10.4. The monoisotopic (exact) mass is 288 g/mol.